The fraction of sp³-hybridized carbons (Fsp3) is 0.111. The second kappa shape index (κ2) is 6.49. The fourth-order valence-corrected chi connectivity index (χ4v) is 3.19. The van der Waals surface area contributed by atoms with Crippen LogP contribution < -0.4 is 0 Å². The van der Waals surface area contributed by atoms with Crippen LogP contribution in [-0.4, -0.2) is 22.1 Å². The van der Waals surface area contributed by atoms with Crippen molar-refractivity contribution in [2.24, 2.45) is 0 Å². The summed E-state index contributed by atoms with van der Waals surface area (Å²) in [5.41, 5.74) is 0.600. The van der Waals surface area contributed by atoms with Crippen molar-refractivity contribution >= 4 is 29.0 Å². The molecule has 4 nitrogen and oxygen atoms in total. The van der Waals surface area contributed by atoms with Gasteiger partial charge >= 0.3 is 0 Å². The first-order valence-corrected chi connectivity index (χ1v) is 8.06. The van der Waals surface area contributed by atoms with Crippen molar-refractivity contribution in [3.63, 3.8) is 0 Å². The Bertz CT molecular complexity index is 855. The maximum absolute atomic E-state index is 13.3. The third-order valence-electron chi connectivity index (χ3n) is 3.58. The molecule has 1 aliphatic heterocycles. The average Bonchev–Trinajstić information content (AvgIpc) is 3.12. The van der Waals surface area contributed by atoms with Crippen molar-refractivity contribution in [3.8, 4) is 11.3 Å². The molecule has 0 unspecified atom stereocenters. The first-order chi connectivity index (χ1) is 11.5. The highest BCUT2D eigenvalue weighted by molar-refractivity contribution is 8.18. The minimum absolute atomic E-state index is 0.286. The van der Waals surface area contributed by atoms with Crippen LogP contribution >= 0.6 is 11.8 Å². The molecule has 1 saturated heterocycles. The van der Waals surface area contributed by atoms with E-state index < -0.39 is 0 Å². The number of rotatable bonds is 4. The molecule has 0 N–H and O–H groups in total. The van der Waals surface area contributed by atoms with Crippen LogP contribution in [0.3, 0.4) is 0 Å². The maximum Gasteiger partial charge on any atom is 0.294 e. The van der Waals surface area contributed by atoms with Crippen LogP contribution in [0.5, 0.6) is 0 Å². The Morgan fingerprint density at radius 2 is 2.08 bits per heavy atom. The molecule has 6 heteroatoms. The number of amides is 2. The number of thioether (sulfide) groups is 1. The number of carbonyl (C=O) groups excluding carboxylic acids is 2. The zero-order valence-corrected chi connectivity index (χ0v) is 13.7. The largest absolute Gasteiger partial charge is 0.457 e. The standard InChI is InChI=1S/C18H14FNO3S/c1-3-11(2)20-17(21)16(24-18(20)22)10-14-7-8-15(23-14)12-5-4-6-13(19)9-12/h3-11H,1H2,2H3/b16-10+/t11-/m0/s1. The molecule has 24 heavy (non-hydrogen) atoms. The SMILES string of the molecule is C=C[C@H](C)N1C(=O)S/C(=C/c2ccc(-c3cccc(F)c3)o2)C1=O. The Hall–Kier alpha value is -2.60. The lowest BCUT2D eigenvalue weighted by Gasteiger charge is -2.17. The summed E-state index contributed by atoms with van der Waals surface area (Å²) >= 11 is 0.859. The van der Waals surface area contributed by atoms with Crippen LogP contribution in [0.2, 0.25) is 0 Å². The van der Waals surface area contributed by atoms with Crippen LogP contribution in [0, 0.1) is 5.82 Å². The van der Waals surface area contributed by atoms with E-state index in [1.807, 2.05) is 0 Å². The lowest BCUT2D eigenvalue weighted by molar-refractivity contribution is -0.123. The summed E-state index contributed by atoms with van der Waals surface area (Å²) in [6, 6.07) is 9.03. The van der Waals surface area contributed by atoms with E-state index in [9.17, 15) is 14.0 Å². The normalized spacial score (nSPS) is 17.6. The summed E-state index contributed by atoms with van der Waals surface area (Å²) in [4.78, 5) is 25.7. The molecule has 3 rings (SSSR count). The number of halogens is 1. The molecule has 1 aromatic carbocycles. The number of carbonyl (C=O) groups is 2. The van der Waals surface area contributed by atoms with Gasteiger partial charge in [-0.25, -0.2) is 4.39 Å². The third-order valence-corrected chi connectivity index (χ3v) is 4.46. The minimum Gasteiger partial charge on any atom is -0.457 e. The Balaban J connectivity index is 1.86. The van der Waals surface area contributed by atoms with Crippen LogP contribution in [0.1, 0.15) is 12.7 Å². The molecular formula is C18H14FNO3S. The molecule has 0 saturated carbocycles. The van der Waals surface area contributed by atoms with Gasteiger partial charge in [0.15, 0.2) is 0 Å². The van der Waals surface area contributed by atoms with Crippen LogP contribution in [0.25, 0.3) is 17.4 Å². The topological polar surface area (TPSA) is 50.5 Å². The van der Waals surface area contributed by atoms with Gasteiger partial charge in [0.1, 0.15) is 17.3 Å². The molecule has 1 aliphatic rings. The molecular weight excluding hydrogens is 329 g/mol. The smallest absolute Gasteiger partial charge is 0.294 e. The summed E-state index contributed by atoms with van der Waals surface area (Å²) in [7, 11) is 0. The first-order valence-electron chi connectivity index (χ1n) is 7.25. The molecule has 1 atom stereocenters. The summed E-state index contributed by atoms with van der Waals surface area (Å²) in [5.74, 6) is 0.177. The van der Waals surface area contributed by atoms with Gasteiger partial charge in [-0.05, 0) is 43.0 Å². The Labute approximate surface area is 142 Å². The van der Waals surface area contributed by atoms with Gasteiger partial charge in [0, 0.05) is 11.6 Å². The highest BCUT2D eigenvalue weighted by atomic mass is 32.2. The van der Waals surface area contributed by atoms with Crippen molar-refractivity contribution in [3.05, 3.63) is 65.5 Å². The molecule has 0 radical (unpaired) electrons. The van der Waals surface area contributed by atoms with Gasteiger partial charge in [0.05, 0.1) is 10.9 Å². The Morgan fingerprint density at radius 3 is 2.79 bits per heavy atom. The highest BCUT2D eigenvalue weighted by Gasteiger charge is 2.37. The molecule has 0 bridgehead atoms. The van der Waals surface area contributed by atoms with Gasteiger partial charge in [-0.2, -0.15) is 0 Å². The van der Waals surface area contributed by atoms with E-state index in [-0.39, 0.29) is 27.9 Å². The van der Waals surface area contributed by atoms with Crippen LogP contribution in [-0.2, 0) is 4.79 Å². The molecule has 2 aromatic rings. The van der Waals surface area contributed by atoms with E-state index in [4.69, 9.17) is 4.42 Å². The lowest BCUT2D eigenvalue weighted by Crippen LogP contribution is -2.35. The number of imide groups is 1. The monoisotopic (exact) mass is 343 g/mol. The summed E-state index contributed by atoms with van der Waals surface area (Å²) < 4.78 is 18.9. The van der Waals surface area contributed by atoms with Crippen LogP contribution in [0.15, 0.2) is 58.4 Å². The molecule has 122 valence electrons. The number of hydrogen-bond donors (Lipinski definition) is 0. The number of hydrogen-bond acceptors (Lipinski definition) is 4. The lowest BCUT2D eigenvalue weighted by atomic mass is 10.2. The van der Waals surface area contributed by atoms with E-state index in [0.29, 0.717) is 17.1 Å². The molecule has 0 aliphatic carbocycles. The third kappa shape index (κ3) is 3.05. The van der Waals surface area contributed by atoms with Crippen LogP contribution in [0.4, 0.5) is 9.18 Å². The first kappa shape index (κ1) is 16.3. The van der Waals surface area contributed by atoms with Gasteiger partial charge < -0.3 is 4.42 Å². The Morgan fingerprint density at radius 1 is 1.29 bits per heavy atom. The summed E-state index contributed by atoms with van der Waals surface area (Å²) in [6.45, 7) is 5.33. The van der Waals surface area contributed by atoms with E-state index in [2.05, 4.69) is 6.58 Å². The molecule has 0 spiro atoms. The van der Waals surface area contributed by atoms with Crippen molar-refractivity contribution in [2.75, 3.05) is 0 Å². The van der Waals surface area contributed by atoms with E-state index in [0.717, 1.165) is 16.7 Å². The number of benzene rings is 1. The number of furan rings is 1. The van der Waals surface area contributed by atoms with Gasteiger partial charge in [-0.15, -0.1) is 6.58 Å². The predicted molar refractivity (Wildman–Crippen MR) is 91.6 cm³/mol. The number of nitrogens with zero attached hydrogens (tertiary/aromatic N) is 1. The van der Waals surface area contributed by atoms with Crippen molar-refractivity contribution in [1.29, 1.82) is 0 Å². The highest BCUT2D eigenvalue weighted by Crippen LogP contribution is 2.34. The zero-order chi connectivity index (χ0) is 17.3. The van der Waals surface area contributed by atoms with Crippen molar-refractivity contribution in [1.82, 2.24) is 4.90 Å². The van der Waals surface area contributed by atoms with Crippen molar-refractivity contribution < 1.29 is 18.4 Å². The zero-order valence-electron chi connectivity index (χ0n) is 12.9. The Kier molecular flexibility index (Phi) is 4.40. The second-order valence-corrected chi connectivity index (χ2v) is 6.23. The summed E-state index contributed by atoms with van der Waals surface area (Å²) in [6.07, 6.45) is 3.05. The molecule has 2 amide bonds. The quantitative estimate of drug-likeness (QED) is 0.596. The minimum atomic E-state index is -0.374. The van der Waals surface area contributed by atoms with Gasteiger partial charge in [-0.1, -0.05) is 18.2 Å². The predicted octanol–water partition coefficient (Wildman–Crippen LogP) is 4.70. The molecule has 2 heterocycles. The van der Waals surface area contributed by atoms with Gasteiger partial charge in [-0.3, -0.25) is 14.5 Å². The average molecular weight is 343 g/mol. The van der Waals surface area contributed by atoms with Gasteiger partial charge in [0.25, 0.3) is 11.1 Å². The van der Waals surface area contributed by atoms with Crippen molar-refractivity contribution in [2.45, 2.75) is 13.0 Å². The fourth-order valence-electron chi connectivity index (χ4n) is 2.29. The summed E-state index contributed by atoms with van der Waals surface area (Å²) in [5, 5.41) is -0.337. The van der Waals surface area contributed by atoms with Gasteiger partial charge in [0.2, 0.25) is 0 Å². The maximum atomic E-state index is 13.3. The second-order valence-electron chi connectivity index (χ2n) is 5.24. The molecule has 1 aromatic heterocycles. The molecule has 1 fully saturated rings. The van der Waals surface area contributed by atoms with E-state index >= 15 is 0 Å². The van der Waals surface area contributed by atoms with E-state index in [1.54, 1.807) is 31.2 Å². The van der Waals surface area contributed by atoms with E-state index in [1.165, 1.54) is 24.3 Å².